The molecular weight excluding hydrogens is 212 g/mol. The predicted molar refractivity (Wildman–Crippen MR) is 71.9 cm³/mol. The van der Waals surface area contributed by atoms with Gasteiger partial charge in [-0.05, 0) is 45.4 Å². The van der Waals surface area contributed by atoms with E-state index in [1.165, 1.54) is 19.3 Å². The average molecular weight is 240 g/mol. The van der Waals surface area contributed by atoms with Gasteiger partial charge in [-0.1, -0.05) is 20.3 Å². The van der Waals surface area contributed by atoms with Crippen molar-refractivity contribution < 1.29 is 4.79 Å². The first-order valence-corrected chi connectivity index (χ1v) is 6.82. The van der Waals surface area contributed by atoms with Crippen molar-refractivity contribution in [2.45, 2.75) is 65.5 Å². The molecule has 1 amide bonds. The van der Waals surface area contributed by atoms with Crippen LogP contribution in [0.2, 0.25) is 0 Å². The molecule has 3 atom stereocenters. The molecular formula is C14H28N2O. The van der Waals surface area contributed by atoms with Gasteiger partial charge in [0, 0.05) is 11.6 Å². The molecule has 0 bridgehead atoms. The summed E-state index contributed by atoms with van der Waals surface area (Å²) in [6.45, 7) is 11.1. The van der Waals surface area contributed by atoms with Gasteiger partial charge in [0.1, 0.15) is 0 Å². The third-order valence-corrected chi connectivity index (χ3v) is 3.50. The van der Waals surface area contributed by atoms with E-state index in [9.17, 15) is 4.79 Å². The topological polar surface area (TPSA) is 41.1 Å². The van der Waals surface area contributed by atoms with Crippen molar-refractivity contribution in [3.05, 3.63) is 0 Å². The summed E-state index contributed by atoms with van der Waals surface area (Å²) in [7, 11) is 0. The summed E-state index contributed by atoms with van der Waals surface area (Å²) in [5.74, 6) is 1.57. The normalized spacial score (nSPS) is 30.1. The van der Waals surface area contributed by atoms with Crippen LogP contribution >= 0.6 is 0 Å². The second kappa shape index (κ2) is 5.85. The van der Waals surface area contributed by atoms with Gasteiger partial charge in [-0.25, -0.2) is 0 Å². The number of amides is 1. The molecule has 1 aliphatic carbocycles. The maximum Gasteiger partial charge on any atom is 0.234 e. The molecule has 0 radical (unpaired) electrons. The summed E-state index contributed by atoms with van der Waals surface area (Å²) in [5, 5.41) is 6.40. The van der Waals surface area contributed by atoms with Crippen molar-refractivity contribution >= 4 is 5.91 Å². The number of carbonyl (C=O) groups excluding carboxylic acids is 1. The van der Waals surface area contributed by atoms with Crippen LogP contribution in [0.3, 0.4) is 0 Å². The van der Waals surface area contributed by atoms with Gasteiger partial charge in [0.15, 0.2) is 0 Å². The number of rotatable bonds is 3. The summed E-state index contributed by atoms with van der Waals surface area (Å²) in [5.41, 5.74) is -0.135. The number of nitrogens with one attached hydrogen (secondary N) is 2. The van der Waals surface area contributed by atoms with Crippen LogP contribution < -0.4 is 10.6 Å². The molecule has 1 saturated carbocycles. The molecule has 17 heavy (non-hydrogen) atoms. The van der Waals surface area contributed by atoms with Crippen molar-refractivity contribution in [1.29, 1.82) is 0 Å². The molecule has 0 aromatic rings. The van der Waals surface area contributed by atoms with Gasteiger partial charge in [0.05, 0.1) is 6.54 Å². The van der Waals surface area contributed by atoms with Crippen molar-refractivity contribution in [2.24, 2.45) is 11.8 Å². The lowest BCUT2D eigenvalue weighted by molar-refractivity contribution is -0.121. The maximum absolute atomic E-state index is 11.7. The highest BCUT2D eigenvalue weighted by Crippen LogP contribution is 2.28. The van der Waals surface area contributed by atoms with E-state index in [1.54, 1.807) is 0 Å². The fourth-order valence-electron chi connectivity index (χ4n) is 2.50. The van der Waals surface area contributed by atoms with Crippen LogP contribution in [0.4, 0.5) is 0 Å². The second-order valence-electron chi connectivity index (χ2n) is 6.68. The van der Waals surface area contributed by atoms with Crippen LogP contribution in [0, 0.1) is 11.8 Å². The Bertz CT molecular complexity index is 257. The quantitative estimate of drug-likeness (QED) is 0.795. The van der Waals surface area contributed by atoms with Crippen LogP contribution in [0.1, 0.15) is 53.9 Å². The van der Waals surface area contributed by atoms with E-state index >= 15 is 0 Å². The SMILES string of the molecule is CC1CCC(C)C(NCC(=O)NC(C)(C)C)C1. The highest BCUT2D eigenvalue weighted by molar-refractivity contribution is 5.78. The van der Waals surface area contributed by atoms with E-state index in [0.29, 0.717) is 18.5 Å². The van der Waals surface area contributed by atoms with E-state index < -0.39 is 0 Å². The molecule has 1 fully saturated rings. The highest BCUT2D eigenvalue weighted by atomic mass is 16.2. The van der Waals surface area contributed by atoms with Gasteiger partial charge in [-0.2, -0.15) is 0 Å². The van der Waals surface area contributed by atoms with Crippen LogP contribution in [-0.4, -0.2) is 24.0 Å². The lowest BCUT2D eigenvalue weighted by atomic mass is 9.80. The molecule has 1 rings (SSSR count). The Kier molecular flexibility index (Phi) is 4.99. The molecule has 0 heterocycles. The average Bonchev–Trinajstić information content (AvgIpc) is 2.17. The molecule has 3 heteroatoms. The molecule has 2 N–H and O–H groups in total. The fraction of sp³-hybridized carbons (Fsp3) is 0.929. The summed E-state index contributed by atoms with van der Waals surface area (Å²) >= 11 is 0. The first kappa shape index (κ1) is 14.5. The summed E-state index contributed by atoms with van der Waals surface area (Å²) in [6, 6.07) is 0.504. The Morgan fingerprint density at radius 2 is 1.88 bits per heavy atom. The van der Waals surface area contributed by atoms with Gasteiger partial charge in [-0.3, -0.25) is 4.79 Å². The lowest BCUT2D eigenvalue weighted by Crippen LogP contribution is -2.48. The van der Waals surface area contributed by atoms with Crippen molar-refractivity contribution in [1.82, 2.24) is 10.6 Å². The molecule has 3 nitrogen and oxygen atoms in total. The summed E-state index contributed by atoms with van der Waals surface area (Å²) < 4.78 is 0. The van der Waals surface area contributed by atoms with E-state index in [2.05, 4.69) is 24.5 Å². The zero-order chi connectivity index (χ0) is 13.1. The van der Waals surface area contributed by atoms with E-state index in [1.807, 2.05) is 20.8 Å². The highest BCUT2D eigenvalue weighted by Gasteiger charge is 2.25. The maximum atomic E-state index is 11.7. The number of carbonyl (C=O) groups is 1. The predicted octanol–water partition coefficient (Wildman–Crippen LogP) is 2.32. The van der Waals surface area contributed by atoms with Gasteiger partial charge in [0.2, 0.25) is 5.91 Å². The van der Waals surface area contributed by atoms with E-state index in [0.717, 1.165) is 5.92 Å². The molecule has 0 spiro atoms. The Hall–Kier alpha value is -0.570. The standard InChI is InChI=1S/C14H28N2O/c1-10-6-7-11(2)12(8-10)15-9-13(17)16-14(3,4)5/h10-12,15H,6-9H2,1-5H3,(H,16,17). The number of hydrogen-bond donors (Lipinski definition) is 2. The van der Waals surface area contributed by atoms with E-state index in [-0.39, 0.29) is 11.4 Å². The van der Waals surface area contributed by atoms with Gasteiger partial charge >= 0.3 is 0 Å². The molecule has 3 unspecified atom stereocenters. The van der Waals surface area contributed by atoms with Crippen molar-refractivity contribution in [3.8, 4) is 0 Å². The smallest absolute Gasteiger partial charge is 0.234 e. The molecule has 0 aromatic heterocycles. The Morgan fingerprint density at radius 3 is 2.47 bits per heavy atom. The Balaban J connectivity index is 2.32. The zero-order valence-corrected chi connectivity index (χ0v) is 12.0. The van der Waals surface area contributed by atoms with Crippen molar-refractivity contribution in [3.63, 3.8) is 0 Å². The van der Waals surface area contributed by atoms with Crippen LogP contribution in [0.5, 0.6) is 0 Å². The summed E-state index contributed by atoms with van der Waals surface area (Å²) in [6.07, 6.45) is 3.80. The summed E-state index contributed by atoms with van der Waals surface area (Å²) in [4.78, 5) is 11.7. The second-order valence-corrected chi connectivity index (χ2v) is 6.68. The Labute approximate surface area is 106 Å². The minimum atomic E-state index is -0.135. The largest absolute Gasteiger partial charge is 0.350 e. The van der Waals surface area contributed by atoms with Gasteiger partial charge < -0.3 is 10.6 Å². The van der Waals surface area contributed by atoms with Crippen LogP contribution in [0.25, 0.3) is 0 Å². The van der Waals surface area contributed by atoms with Gasteiger partial charge in [0.25, 0.3) is 0 Å². The fourth-order valence-corrected chi connectivity index (χ4v) is 2.50. The molecule has 0 saturated heterocycles. The zero-order valence-electron chi connectivity index (χ0n) is 12.0. The minimum Gasteiger partial charge on any atom is -0.350 e. The van der Waals surface area contributed by atoms with Crippen LogP contribution in [0.15, 0.2) is 0 Å². The Morgan fingerprint density at radius 1 is 1.24 bits per heavy atom. The third-order valence-electron chi connectivity index (χ3n) is 3.50. The first-order chi connectivity index (χ1) is 7.78. The monoisotopic (exact) mass is 240 g/mol. The van der Waals surface area contributed by atoms with Crippen molar-refractivity contribution in [2.75, 3.05) is 6.54 Å². The van der Waals surface area contributed by atoms with Crippen LogP contribution in [-0.2, 0) is 4.79 Å². The molecule has 100 valence electrons. The van der Waals surface area contributed by atoms with Gasteiger partial charge in [-0.15, -0.1) is 0 Å². The van der Waals surface area contributed by atoms with E-state index in [4.69, 9.17) is 0 Å². The first-order valence-electron chi connectivity index (χ1n) is 6.82. The molecule has 1 aliphatic rings. The molecule has 0 aromatic carbocycles. The molecule has 0 aliphatic heterocycles. The number of hydrogen-bond acceptors (Lipinski definition) is 2. The third kappa shape index (κ3) is 5.53. The lowest BCUT2D eigenvalue weighted by Gasteiger charge is -2.33. The minimum absolute atomic E-state index is 0.0999.